The Bertz CT molecular complexity index is 262. The Morgan fingerprint density at radius 2 is 2.07 bits per heavy atom. The number of aliphatic hydroxyl groups excluding tert-OH is 1. The molecule has 2 fully saturated rings. The van der Waals surface area contributed by atoms with E-state index >= 15 is 0 Å². The smallest absolute Gasteiger partial charge is 0.330 e. The number of carbonyl (C=O) groups is 1. The molecule has 3 unspecified atom stereocenters. The molecule has 0 aromatic rings. The van der Waals surface area contributed by atoms with E-state index in [1.165, 1.54) is 6.92 Å². The molecule has 0 aromatic heterocycles. The van der Waals surface area contributed by atoms with E-state index in [9.17, 15) is 15.0 Å². The van der Waals surface area contributed by atoms with E-state index in [0.29, 0.717) is 5.92 Å². The van der Waals surface area contributed by atoms with Gasteiger partial charge in [-0.05, 0) is 38.5 Å². The third-order valence-electron chi connectivity index (χ3n) is 3.17. The molecule has 2 bridgehead atoms. The van der Waals surface area contributed by atoms with Crippen LogP contribution in [0.3, 0.4) is 0 Å². The van der Waals surface area contributed by atoms with Gasteiger partial charge in [-0.1, -0.05) is 6.58 Å². The van der Waals surface area contributed by atoms with Crippen molar-refractivity contribution in [3.8, 4) is 0 Å². The number of rotatable bonds is 1. The van der Waals surface area contributed by atoms with E-state index in [-0.39, 0.29) is 5.57 Å². The van der Waals surface area contributed by atoms with Crippen LogP contribution in [-0.4, -0.2) is 33.0 Å². The molecule has 2 rings (SSSR count). The highest BCUT2D eigenvalue weighted by Crippen LogP contribution is 2.47. The van der Waals surface area contributed by atoms with Crippen molar-refractivity contribution in [2.24, 2.45) is 5.92 Å². The molecule has 3 N–H and O–H groups in total. The van der Waals surface area contributed by atoms with Crippen LogP contribution in [0.2, 0.25) is 0 Å². The Morgan fingerprint density at radius 1 is 1.53 bits per heavy atom. The Kier molecular flexibility index (Phi) is 3.52. The number of fused-ring (bicyclic) bond motifs is 2. The normalized spacial score (nSPS) is 37.0. The molecule has 0 saturated heterocycles. The van der Waals surface area contributed by atoms with Gasteiger partial charge in [0.05, 0.1) is 11.7 Å². The molecule has 4 nitrogen and oxygen atoms in total. The van der Waals surface area contributed by atoms with E-state index < -0.39 is 17.7 Å². The standard InChI is InChI=1S/C7H12O2.C4H6O2/c8-6-3-5-1-2-7(6,9)4-5;1-3(2)4(5)6/h5-6,8-9H,1-4H2;1H2,2H3,(H,5,6). The maximum atomic E-state index is 9.60. The zero-order valence-electron chi connectivity index (χ0n) is 8.94. The van der Waals surface area contributed by atoms with Crippen molar-refractivity contribution in [1.82, 2.24) is 0 Å². The van der Waals surface area contributed by atoms with Gasteiger partial charge < -0.3 is 15.3 Å². The quantitative estimate of drug-likeness (QED) is 0.567. The maximum absolute atomic E-state index is 9.60. The van der Waals surface area contributed by atoms with Gasteiger partial charge >= 0.3 is 5.97 Å². The lowest BCUT2D eigenvalue weighted by molar-refractivity contribution is -0.132. The number of hydrogen-bond donors (Lipinski definition) is 3. The number of aliphatic carboxylic acids is 1. The van der Waals surface area contributed by atoms with E-state index in [0.717, 1.165) is 25.7 Å². The fourth-order valence-electron chi connectivity index (χ4n) is 2.20. The predicted octanol–water partition coefficient (Wildman–Crippen LogP) is 0.929. The van der Waals surface area contributed by atoms with Crippen molar-refractivity contribution in [1.29, 1.82) is 0 Å². The lowest BCUT2D eigenvalue weighted by Gasteiger charge is -2.24. The summed E-state index contributed by atoms with van der Waals surface area (Å²) in [5.74, 6) is -0.319. The minimum Gasteiger partial charge on any atom is -0.478 e. The lowest BCUT2D eigenvalue weighted by atomic mass is 9.94. The van der Waals surface area contributed by atoms with Crippen molar-refractivity contribution in [3.63, 3.8) is 0 Å². The average molecular weight is 214 g/mol. The Morgan fingerprint density at radius 3 is 2.20 bits per heavy atom. The third-order valence-corrected chi connectivity index (χ3v) is 3.17. The molecular formula is C11H18O4. The van der Waals surface area contributed by atoms with Gasteiger partial charge in [-0.3, -0.25) is 0 Å². The van der Waals surface area contributed by atoms with Crippen molar-refractivity contribution < 1.29 is 20.1 Å². The summed E-state index contributed by atoms with van der Waals surface area (Å²) in [6.07, 6.45) is 3.19. The number of hydrogen-bond acceptors (Lipinski definition) is 3. The highest BCUT2D eigenvalue weighted by Gasteiger charge is 2.50. The number of carboxylic acids is 1. The van der Waals surface area contributed by atoms with Crippen LogP contribution in [0.1, 0.15) is 32.6 Å². The minimum atomic E-state index is -0.935. The molecule has 3 atom stereocenters. The summed E-state index contributed by atoms with van der Waals surface area (Å²) < 4.78 is 0. The topological polar surface area (TPSA) is 77.8 Å². The van der Waals surface area contributed by atoms with Crippen LogP contribution in [0.15, 0.2) is 12.2 Å². The highest BCUT2D eigenvalue weighted by molar-refractivity contribution is 5.84. The SMILES string of the molecule is C=C(C)C(=O)O.OC1CC2CCC1(O)C2. The van der Waals surface area contributed by atoms with Crippen LogP contribution in [0.25, 0.3) is 0 Å². The summed E-state index contributed by atoms with van der Waals surface area (Å²) in [6, 6.07) is 0. The molecule has 0 aliphatic heterocycles. The van der Waals surface area contributed by atoms with Crippen LogP contribution in [0, 0.1) is 5.92 Å². The lowest BCUT2D eigenvalue weighted by Crippen LogP contribution is -2.36. The molecule has 0 amide bonds. The summed E-state index contributed by atoms with van der Waals surface area (Å²) in [4.78, 5) is 9.60. The first-order valence-corrected chi connectivity index (χ1v) is 5.14. The molecule has 86 valence electrons. The minimum absolute atomic E-state index is 0.176. The molecule has 0 spiro atoms. The van der Waals surface area contributed by atoms with Gasteiger partial charge in [0.2, 0.25) is 0 Å². The first-order chi connectivity index (χ1) is 6.85. The number of aliphatic hydroxyl groups is 2. The van der Waals surface area contributed by atoms with Gasteiger partial charge in [-0.2, -0.15) is 0 Å². The van der Waals surface area contributed by atoms with Crippen LogP contribution in [-0.2, 0) is 4.79 Å². The molecule has 0 heterocycles. The first-order valence-electron chi connectivity index (χ1n) is 5.14. The second kappa shape index (κ2) is 4.33. The highest BCUT2D eigenvalue weighted by atomic mass is 16.4. The average Bonchev–Trinajstić information content (AvgIpc) is 2.60. The van der Waals surface area contributed by atoms with Gasteiger partial charge in [0.25, 0.3) is 0 Å². The van der Waals surface area contributed by atoms with Crippen molar-refractivity contribution in [2.45, 2.75) is 44.3 Å². The fraction of sp³-hybridized carbons (Fsp3) is 0.727. The molecule has 0 aromatic carbocycles. The first kappa shape index (κ1) is 12.2. The summed E-state index contributed by atoms with van der Waals surface area (Å²) in [5.41, 5.74) is -0.500. The molecule has 4 heteroatoms. The zero-order chi connectivity index (χ0) is 11.6. The fourth-order valence-corrected chi connectivity index (χ4v) is 2.20. The summed E-state index contributed by atoms with van der Waals surface area (Å²) in [5, 5.41) is 26.7. The predicted molar refractivity (Wildman–Crippen MR) is 55.4 cm³/mol. The van der Waals surface area contributed by atoms with Crippen LogP contribution in [0.5, 0.6) is 0 Å². The van der Waals surface area contributed by atoms with Gasteiger partial charge in [0.1, 0.15) is 0 Å². The Hall–Kier alpha value is -0.870. The summed E-state index contributed by atoms with van der Waals surface area (Å²) in [6.45, 7) is 4.60. The summed E-state index contributed by atoms with van der Waals surface area (Å²) >= 11 is 0. The third kappa shape index (κ3) is 2.79. The van der Waals surface area contributed by atoms with Crippen molar-refractivity contribution in [3.05, 3.63) is 12.2 Å². The molecule has 2 aliphatic rings. The van der Waals surface area contributed by atoms with Crippen LogP contribution < -0.4 is 0 Å². The van der Waals surface area contributed by atoms with E-state index in [4.69, 9.17) is 5.11 Å². The van der Waals surface area contributed by atoms with Gasteiger partial charge in [-0.15, -0.1) is 0 Å². The Labute approximate surface area is 89.2 Å². The zero-order valence-corrected chi connectivity index (χ0v) is 8.94. The largest absolute Gasteiger partial charge is 0.478 e. The summed E-state index contributed by atoms with van der Waals surface area (Å²) in [7, 11) is 0. The second-order valence-electron chi connectivity index (χ2n) is 4.55. The number of carboxylic acid groups (broad SMARTS) is 1. The monoisotopic (exact) mass is 214 g/mol. The Balaban J connectivity index is 0.000000167. The molecule has 2 aliphatic carbocycles. The van der Waals surface area contributed by atoms with Crippen LogP contribution >= 0.6 is 0 Å². The molecule has 15 heavy (non-hydrogen) atoms. The molecule has 2 saturated carbocycles. The van der Waals surface area contributed by atoms with Gasteiger partial charge in [-0.25, -0.2) is 4.79 Å². The van der Waals surface area contributed by atoms with Gasteiger partial charge in [0, 0.05) is 5.57 Å². The van der Waals surface area contributed by atoms with Crippen LogP contribution in [0.4, 0.5) is 0 Å². The molecular weight excluding hydrogens is 196 g/mol. The second-order valence-corrected chi connectivity index (χ2v) is 4.55. The van der Waals surface area contributed by atoms with E-state index in [1.54, 1.807) is 0 Å². The maximum Gasteiger partial charge on any atom is 0.330 e. The molecule has 0 radical (unpaired) electrons. The van der Waals surface area contributed by atoms with Crippen molar-refractivity contribution in [2.75, 3.05) is 0 Å². The van der Waals surface area contributed by atoms with E-state index in [1.807, 2.05) is 0 Å². The van der Waals surface area contributed by atoms with Gasteiger partial charge in [0.15, 0.2) is 0 Å². The van der Waals surface area contributed by atoms with Crippen molar-refractivity contribution >= 4 is 5.97 Å². The van der Waals surface area contributed by atoms with E-state index in [2.05, 4.69) is 6.58 Å².